The van der Waals surface area contributed by atoms with Crippen molar-refractivity contribution in [1.82, 2.24) is 5.32 Å². The van der Waals surface area contributed by atoms with Crippen molar-refractivity contribution in [2.24, 2.45) is 4.99 Å². The van der Waals surface area contributed by atoms with Gasteiger partial charge in [0, 0.05) is 28.6 Å². The molecule has 32 heavy (non-hydrogen) atoms. The van der Waals surface area contributed by atoms with Crippen molar-refractivity contribution in [3.05, 3.63) is 68.7 Å². The molecule has 1 aliphatic carbocycles. The van der Waals surface area contributed by atoms with E-state index in [-0.39, 0.29) is 34.0 Å². The summed E-state index contributed by atoms with van der Waals surface area (Å²) in [6, 6.07) is 9.64. The second-order valence-electron chi connectivity index (χ2n) is 8.50. The third-order valence-electron chi connectivity index (χ3n) is 6.33. The van der Waals surface area contributed by atoms with E-state index in [1.807, 2.05) is 19.1 Å². The summed E-state index contributed by atoms with van der Waals surface area (Å²) >= 11 is 12.0. The van der Waals surface area contributed by atoms with Crippen LogP contribution in [0.1, 0.15) is 60.9 Å². The van der Waals surface area contributed by atoms with E-state index in [4.69, 9.17) is 23.2 Å². The fourth-order valence-electron chi connectivity index (χ4n) is 4.64. The molecule has 2 atom stereocenters. The summed E-state index contributed by atoms with van der Waals surface area (Å²) in [4.78, 5) is 16.3. The average molecular weight is 483 g/mol. The van der Waals surface area contributed by atoms with Crippen LogP contribution in [0.3, 0.4) is 0 Å². The molecule has 1 N–H and O–H groups in total. The van der Waals surface area contributed by atoms with Crippen LogP contribution >= 0.6 is 23.2 Å². The van der Waals surface area contributed by atoms with Crippen molar-refractivity contribution in [2.45, 2.75) is 56.7 Å². The molecule has 0 spiro atoms. The van der Waals surface area contributed by atoms with Crippen molar-refractivity contribution >= 4 is 34.8 Å². The molecule has 2 aromatic carbocycles. The summed E-state index contributed by atoms with van der Waals surface area (Å²) < 4.78 is 42.9. The number of amides is 1. The highest BCUT2D eigenvalue weighted by Crippen LogP contribution is 2.49. The maximum Gasteiger partial charge on any atom is 0.400 e. The molecule has 1 amide bonds. The number of rotatable bonds is 5. The Balaban J connectivity index is 1.60. The van der Waals surface area contributed by atoms with Gasteiger partial charge in [-0.3, -0.25) is 9.79 Å². The molecule has 1 heterocycles. The minimum Gasteiger partial charge on any atom is -0.349 e. The highest BCUT2D eigenvalue weighted by molar-refractivity contribution is 6.34. The zero-order chi connectivity index (χ0) is 23.1. The van der Waals surface area contributed by atoms with Crippen LogP contribution in [0.15, 0.2) is 41.4 Å². The molecule has 2 aliphatic rings. The number of nitrogens with one attached hydrogen (secondary N) is 1. The van der Waals surface area contributed by atoms with E-state index in [1.54, 1.807) is 6.07 Å². The van der Waals surface area contributed by atoms with E-state index in [9.17, 15) is 18.0 Å². The number of hydrogen-bond acceptors (Lipinski definition) is 2. The van der Waals surface area contributed by atoms with Crippen molar-refractivity contribution in [2.75, 3.05) is 6.54 Å². The maximum atomic E-state index is 14.3. The molecule has 0 fully saturated rings. The molecule has 0 saturated heterocycles. The van der Waals surface area contributed by atoms with Crippen molar-refractivity contribution < 1.29 is 18.0 Å². The first-order valence-electron chi connectivity index (χ1n) is 10.6. The highest BCUT2D eigenvalue weighted by atomic mass is 35.5. The second kappa shape index (κ2) is 8.71. The van der Waals surface area contributed by atoms with Gasteiger partial charge in [0.15, 0.2) is 0 Å². The summed E-state index contributed by atoms with van der Waals surface area (Å²) in [5.74, 6) is 0.0183. The number of benzene rings is 2. The lowest BCUT2D eigenvalue weighted by molar-refractivity contribution is -0.183. The topological polar surface area (TPSA) is 41.5 Å². The zero-order valence-corrected chi connectivity index (χ0v) is 19.0. The van der Waals surface area contributed by atoms with Crippen molar-refractivity contribution in [3.63, 3.8) is 0 Å². The Morgan fingerprint density at radius 1 is 1.19 bits per heavy atom. The molecule has 170 valence electrons. The number of carbonyl (C=O) groups is 1. The standard InChI is InChI=1S/C24H23Cl2F3N2O/c1-2-3-22(32)31-20-7-5-14-8-15(4-6-19(14)20)21-12-23(13-30-21,24(27,28)29)16-9-17(25)11-18(26)10-16/h4,6,8-11,20H,2-3,5,7,12-13H2,1H3,(H,31,32). The third kappa shape index (κ3) is 4.27. The van der Waals surface area contributed by atoms with Crippen LogP contribution < -0.4 is 5.32 Å². The number of nitrogens with zero attached hydrogens (tertiary/aromatic N) is 1. The van der Waals surface area contributed by atoms with Crippen LogP contribution in [0.2, 0.25) is 10.0 Å². The van der Waals surface area contributed by atoms with E-state index in [0.717, 1.165) is 30.4 Å². The number of aliphatic imine (C=N–C) groups is 1. The minimum atomic E-state index is -4.52. The van der Waals surface area contributed by atoms with Gasteiger partial charge in [-0.1, -0.05) is 42.3 Å². The molecule has 3 nitrogen and oxygen atoms in total. The van der Waals surface area contributed by atoms with E-state index in [2.05, 4.69) is 10.3 Å². The minimum absolute atomic E-state index is 0.0183. The maximum absolute atomic E-state index is 14.3. The van der Waals surface area contributed by atoms with Gasteiger partial charge in [0.05, 0.1) is 12.6 Å². The molecule has 0 aromatic heterocycles. The van der Waals surface area contributed by atoms with Gasteiger partial charge in [-0.05, 0) is 65.8 Å². The average Bonchev–Trinajstić information content (AvgIpc) is 3.32. The summed E-state index contributed by atoms with van der Waals surface area (Å²) in [5.41, 5.74) is 1.04. The lowest BCUT2D eigenvalue weighted by Gasteiger charge is -2.31. The van der Waals surface area contributed by atoms with Crippen LogP contribution in [0, 0.1) is 0 Å². The lowest BCUT2D eigenvalue weighted by Crippen LogP contribution is -2.43. The third-order valence-corrected chi connectivity index (χ3v) is 6.77. The summed E-state index contributed by atoms with van der Waals surface area (Å²) in [6.07, 6.45) is -1.98. The molecule has 0 bridgehead atoms. The van der Waals surface area contributed by atoms with Gasteiger partial charge in [0.2, 0.25) is 5.91 Å². The molecule has 0 saturated carbocycles. The number of halogens is 5. The normalized spacial score (nSPS) is 22.6. The predicted molar refractivity (Wildman–Crippen MR) is 121 cm³/mol. The Labute approximate surface area is 195 Å². The monoisotopic (exact) mass is 482 g/mol. The van der Waals surface area contributed by atoms with Crippen LogP contribution in [0.25, 0.3) is 0 Å². The van der Waals surface area contributed by atoms with E-state index >= 15 is 0 Å². The van der Waals surface area contributed by atoms with Crippen LogP contribution in [-0.4, -0.2) is 24.3 Å². The second-order valence-corrected chi connectivity index (χ2v) is 9.37. The van der Waals surface area contributed by atoms with Gasteiger partial charge in [-0.15, -0.1) is 0 Å². The molecule has 2 unspecified atom stereocenters. The smallest absolute Gasteiger partial charge is 0.349 e. The van der Waals surface area contributed by atoms with Crippen LogP contribution in [0.5, 0.6) is 0 Å². The molecule has 0 radical (unpaired) electrons. The zero-order valence-electron chi connectivity index (χ0n) is 17.5. The number of fused-ring (bicyclic) bond motifs is 1. The number of hydrogen-bond donors (Lipinski definition) is 1. The number of carbonyl (C=O) groups excluding carboxylic acids is 1. The molecule has 8 heteroatoms. The van der Waals surface area contributed by atoms with Gasteiger partial charge in [-0.2, -0.15) is 13.2 Å². The lowest BCUT2D eigenvalue weighted by atomic mass is 9.76. The largest absolute Gasteiger partial charge is 0.400 e. The first-order valence-corrected chi connectivity index (χ1v) is 11.4. The Bertz CT molecular complexity index is 1060. The van der Waals surface area contributed by atoms with Crippen LogP contribution in [0.4, 0.5) is 13.2 Å². The van der Waals surface area contributed by atoms with Gasteiger partial charge < -0.3 is 5.32 Å². The number of aryl methyl sites for hydroxylation is 1. The molecule has 1 aliphatic heterocycles. The SMILES string of the molecule is CCCC(=O)NC1CCc2cc(C3=NCC(c4cc(Cl)cc(Cl)c4)(C(F)(F)F)C3)ccc21. The number of alkyl halides is 3. The van der Waals surface area contributed by atoms with Gasteiger partial charge >= 0.3 is 6.18 Å². The van der Waals surface area contributed by atoms with Gasteiger partial charge in [0.1, 0.15) is 5.41 Å². The summed E-state index contributed by atoms with van der Waals surface area (Å²) in [7, 11) is 0. The Hall–Kier alpha value is -2.05. The highest BCUT2D eigenvalue weighted by Gasteiger charge is 2.58. The first-order chi connectivity index (χ1) is 15.1. The molecular weight excluding hydrogens is 460 g/mol. The fraction of sp³-hybridized carbons (Fsp3) is 0.417. The predicted octanol–water partition coefficient (Wildman–Crippen LogP) is 6.59. The van der Waals surface area contributed by atoms with E-state index < -0.39 is 18.1 Å². The Kier molecular flexibility index (Phi) is 6.29. The van der Waals surface area contributed by atoms with Crippen molar-refractivity contribution in [3.8, 4) is 0 Å². The Morgan fingerprint density at radius 3 is 2.56 bits per heavy atom. The fourth-order valence-corrected chi connectivity index (χ4v) is 5.16. The van der Waals surface area contributed by atoms with E-state index in [0.29, 0.717) is 17.7 Å². The van der Waals surface area contributed by atoms with E-state index in [1.165, 1.54) is 18.2 Å². The van der Waals surface area contributed by atoms with Crippen LogP contribution in [-0.2, 0) is 16.6 Å². The molecular formula is C24H23Cl2F3N2O. The first kappa shape index (κ1) is 23.1. The van der Waals surface area contributed by atoms with Crippen molar-refractivity contribution in [1.29, 1.82) is 0 Å². The molecule has 4 rings (SSSR count). The molecule has 2 aromatic rings. The summed E-state index contributed by atoms with van der Waals surface area (Å²) in [6.45, 7) is 1.55. The van der Waals surface area contributed by atoms with Gasteiger partial charge in [0.25, 0.3) is 0 Å². The van der Waals surface area contributed by atoms with Gasteiger partial charge in [-0.25, -0.2) is 0 Å². The summed E-state index contributed by atoms with van der Waals surface area (Å²) in [5, 5.41) is 3.38. The Morgan fingerprint density at radius 2 is 1.91 bits per heavy atom. The quantitative estimate of drug-likeness (QED) is 0.512.